The van der Waals surface area contributed by atoms with Gasteiger partial charge in [0.1, 0.15) is 0 Å². The molecule has 0 unspecified atom stereocenters. The fraction of sp³-hybridized carbons (Fsp3) is 0.500. The van der Waals surface area contributed by atoms with E-state index in [4.69, 9.17) is 16.3 Å². The first-order valence-electron chi connectivity index (χ1n) is 10.00. The molecule has 0 amide bonds. The lowest BCUT2D eigenvalue weighted by molar-refractivity contribution is -0.0840. The fourth-order valence-electron chi connectivity index (χ4n) is 4.39. The molecular weight excluding hydrogens is 354 g/mol. The van der Waals surface area contributed by atoms with E-state index in [0.717, 1.165) is 37.4 Å². The molecule has 1 saturated heterocycles. The Morgan fingerprint density at radius 1 is 1.07 bits per heavy atom. The number of aryl methyl sites for hydroxylation is 1. The van der Waals surface area contributed by atoms with Crippen molar-refractivity contribution in [2.75, 3.05) is 13.2 Å². The van der Waals surface area contributed by atoms with Gasteiger partial charge < -0.3 is 10.1 Å². The van der Waals surface area contributed by atoms with Crippen LogP contribution in [0.2, 0.25) is 5.02 Å². The van der Waals surface area contributed by atoms with Gasteiger partial charge in [0.05, 0.1) is 5.60 Å². The summed E-state index contributed by atoms with van der Waals surface area (Å²) >= 11 is 6.01. The molecule has 1 N–H and O–H groups in total. The molecule has 0 aromatic heterocycles. The number of halogens is 1. The summed E-state index contributed by atoms with van der Waals surface area (Å²) in [6.45, 7) is 10.6. The van der Waals surface area contributed by atoms with Crippen LogP contribution < -0.4 is 5.32 Å². The number of ether oxygens (including phenoxy) is 1. The van der Waals surface area contributed by atoms with Crippen molar-refractivity contribution >= 4 is 11.6 Å². The summed E-state index contributed by atoms with van der Waals surface area (Å²) in [5.74, 6) is 0. The predicted octanol–water partition coefficient (Wildman–Crippen LogP) is 6.22. The summed E-state index contributed by atoms with van der Waals surface area (Å²) in [5, 5.41) is 4.50. The van der Waals surface area contributed by atoms with Gasteiger partial charge in [-0.25, -0.2) is 0 Å². The van der Waals surface area contributed by atoms with Gasteiger partial charge in [-0.1, -0.05) is 53.6 Å². The summed E-state index contributed by atoms with van der Waals surface area (Å²) in [6.07, 6.45) is 3.25. The van der Waals surface area contributed by atoms with Gasteiger partial charge in [0.2, 0.25) is 0 Å². The van der Waals surface area contributed by atoms with E-state index in [2.05, 4.69) is 69.4 Å². The van der Waals surface area contributed by atoms with Gasteiger partial charge in [0, 0.05) is 23.1 Å². The zero-order chi connectivity index (χ0) is 19.5. The predicted molar refractivity (Wildman–Crippen MR) is 115 cm³/mol. The molecule has 0 bridgehead atoms. The second kappa shape index (κ2) is 8.34. The Bertz CT molecular complexity index is 738. The Labute approximate surface area is 169 Å². The van der Waals surface area contributed by atoms with Crippen molar-refractivity contribution in [1.82, 2.24) is 5.32 Å². The molecule has 0 aliphatic carbocycles. The van der Waals surface area contributed by atoms with Gasteiger partial charge in [0.15, 0.2) is 0 Å². The normalized spacial score (nSPS) is 23.1. The molecule has 3 heteroatoms. The van der Waals surface area contributed by atoms with Crippen molar-refractivity contribution in [2.24, 2.45) is 0 Å². The first-order valence-corrected chi connectivity index (χ1v) is 10.4. The molecule has 1 heterocycles. The summed E-state index contributed by atoms with van der Waals surface area (Å²) in [7, 11) is 0. The third-order valence-electron chi connectivity index (χ3n) is 5.93. The van der Waals surface area contributed by atoms with Crippen molar-refractivity contribution in [1.29, 1.82) is 0 Å². The maximum atomic E-state index is 6.04. The molecule has 0 radical (unpaired) electrons. The van der Waals surface area contributed by atoms with Crippen molar-refractivity contribution in [3.63, 3.8) is 0 Å². The van der Waals surface area contributed by atoms with E-state index in [-0.39, 0.29) is 11.0 Å². The topological polar surface area (TPSA) is 21.3 Å². The fourth-order valence-corrected chi connectivity index (χ4v) is 4.51. The lowest BCUT2D eigenvalue weighted by Gasteiger charge is -2.46. The SMILES string of the molecule is Cc1ccc([C@]2(CCN[C@@H](C)c3ccc(Cl)cc3)CCOC(C)(C)C2)cc1. The van der Waals surface area contributed by atoms with E-state index in [1.54, 1.807) is 0 Å². The van der Waals surface area contributed by atoms with E-state index in [9.17, 15) is 0 Å². The van der Waals surface area contributed by atoms with Crippen LogP contribution in [-0.4, -0.2) is 18.8 Å². The van der Waals surface area contributed by atoms with Crippen LogP contribution in [0.25, 0.3) is 0 Å². The van der Waals surface area contributed by atoms with E-state index < -0.39 is 0 Å². The van der Waals surface area contributed by atoms with Gasteiger partial charge in [0.25, 0.3) is 0 Å². The number of rotatable bonds is 6. The Hall–Kier alpha value is -1.35. The Balaban J connectivity index is 1.72. The lowest BCUT2D eigenvalue weighted by Crippen LogP contribution is -2.45. The van der Waals surface area contributed by atoms with Crippen molar-refractivity contribution in [3.05, 3.63) is 70.2 Å². The van der Waals surface area contributed by atoms with Crippen LogP contribution in [0.5, 0.6) is 0 Å². The summed E-state index contributed by atoms with van der Waals surface area (Å²) in [5.41, 5.74) is 4.13. The van der Waals surface area contributed by atoms with Crippen molar-refractivity contribution in [2.45, 2.75) is 64.0 Å². The van der Waals surface area contributed by atoms with E-state index in [1.807, 2.05) is 12.1 Å². The lowest BCUT2D eigenvalue weighted by atomic mass is 9.67. The van der Waals surface area contributed by atoms with Crippen LogP contribution in [0.3, 0.4) is 0 Å². The Kier molecular flexibility index (Phi) is 6.30. The largest absolute Gasteiger partial charge is 0.376 e. The van der Waals surface area contributed by atoms with Crippen LogP contribution in [0.4, 0.5) is 0 Å². The first kappa shape index (κ1) is 20.4. The van der Waals surface area contributed by atoms with E-state index in [0.29, 0.717) is 6.04 Å². The monoisotopic (exact) mass is 385 g/mol. The highest BCUT2D eigenvalue weighted by Gasteiger charge is 2.41. The van der Waals surface area contributed by atoms with Crippen molar-refractivity contribution in [3.8, 4) is 0 Å². The van der Waals surface area contributed by atoms with Gasteiger partial charge >= 0.3 is 0 Å². The Morgan fingerprint density at radius 3 is 2.37 bits per heavy atom. The average molecular weight is 386 g/mol. The number of hydrogen-bond acceptors (Lipinski definition) is 2. The molecule has 1 aliphatic rings. The smallest absolute Gasteiger partial charge is 0.0635 e. The maximum absolute atomic E-state index is 6.04. The van der Waals surface area contributed by atoms with Crippen LogP contribution in [0.15, 0.2) is 48.5 Å². The standard InChI is InChI=1S/C24H32ClNO/c1-18-5-9-21(10-6-18)24(14-16-27-23(3,4)17-24)13-15-26-19(2)20-7-11-22(25)12-8-20/h5-12,19,26H,13-17H2,1-4H3/t19-,24+/m0/s1. The molecule has 2 nitrogen and oxygen atoms in total. The Morgan fingerprint density at radius 2 is 1.74 bits per heavy atom. The van der Waals surface area contributed by atoms with E-state index in [1.165, 1.54) is 16.7 Å². The van der Waals surface area contributed by atoms with Crippen LogP contribution in [0, 0.1) is 6.92 Å². The number of benzene rings is 2. The molecular formula is C24H32ClNO. The number of nitrogens with one attached hydrogen (secondary N) is 1. The van der Waals surface area contributed by atoms with Crippen LogP contribution in [0.1, 0.15) is 62.8 Å². The highest BCUT2D eigenvalue weighted by molar-refractivity contribution is 6.30. The van der Waals surface area contributed by atoms with Gasteiger partial charge in [-0.3, -0.25) is 0 Å². The zero-order valence-electron chi connectivity index (χ0n) is 17.0. The third kappa shape index (κ3) is 5.13. The third-order valence-corrected chi connectivity index (χ3v) is 6.18. The molecule has 3 rings (SSSR count). The second-order valence-corrected chi connectivity index (χ2v) is 9.10. The second-order valence-electron chi connectivity index (χ2n) is 8.66. The molecule has 0 saturated carbocycles. The highest BCUT2D eigenvalue weighted by Crippen LogP contribution is 2.44. The van der Waals surface area contributed by atoms with Crippen LogP contribution >= 0.6 is 11.6 Å². The minimum Gasteiger partial charge on any atom is -0.376 e. The maximum Gasteiger partial charge on any atom is 0.0635 e. The van der Waals surface area contributed by atoms with Gasteiger partial charge in [-0.15, -0.1) is 0 Å². The summed E-state index contributed by atoms with van der Waals surface area (Å²) < 4.78 is 6.04. The van der Waals surface area contributed by atoms with Crippen molar-refractivity contribution < 1.29 is 4.74 Å². The summed E-state index contributed by atoms with van der Waals surface area (Å²) in [4.78, 5) is 0. The molecule has 1 aliphatic heterocycles. The molecule has 27 heavy (non-hydrogen) atoms. The molecule has 1 fully saturated rings. The molecule has 2 aromatic carbocycles. The van der Waals surface area contributed by atoms with Crippen LogP contribution in [-0.2, 0) is 10.2 Å². The summed E-state index contributed by atoms with van der Waals surface area (Å²) in [6, 6.07) is 17.6. The average Bonchev–Trinajstić information content (AvgIpc) is 2.62. The number of hydrogen-bond donors (Lipinski definition) is 1. The molecule has 146 valence electrons. The minimum absolute atomic E-state index is 0.0784. The van der Waals surface area contributed by atoms with Gasteiger partial charge in [-0.05, 0) is 76.8 Å². The van der Waals surface area contributed by atoms with Gasteiger partial charge in [-0.2, -0.15) is 0 Å². The minimum atomic E-state index is -0.0784. The zero-order valence-corrected chi connectivity index (χ0v) is 17.8. The quantitative estimate of drug-likeness (QED) is 0.637. The molecule has 0 spiro atoms. The molecule has 2 aromatic rings. The first-order chi connectivity index (χ1) is 12.8. The highest BCUT2D eigenvalue weighted by atomic mass is 35.5. The van der Waals surface area contributed by atoms with E-state index >= 15 is 0 Å². The molecule has 2 atom stereocenters.